The third-order valence-corrected chi connectivity index (χ3v) is 5.26. The Hall–Kier alpha value is -2.51. The van der Waals surface area contributed by atoms with Gasteiger partial charge in [0, 0.05) is 35.1 Å². The van der Waals surface area contributed by atoms with Crippen molar-refractivity contribution in [3.05, 3.63) is 52.9 Å². The molecule has 0 saturated carbocycles. The monoisotopic (exact) mass is 367 g/mol. The van der Waals surface area contributed by atoms with Crippen LogP contribution < -0.4 is 5.32 Å². The Bertz CT molecular complexity index is 872. The average molecular weight is 367 g/mol. The lowest BCUT2D eigenvalue weighted by Crippen LogP contribution is -2.39. The van der Waals surface area contributed by atoms with Crippen LogP contribution in [0.15, 0.2) is 41.4 Å². The Kier molecular flexibility index (Phi) is 4.81. The van der Waals surface area contributed by atoms with Crippen molar-refractivity contribution in [2.45, 2.75) is 32.4 Å². The third kappa shape index (κ3) is 3.68. The summed E-state index contributed by atoms with van der Waals surface area (Å²) in [6.07, 6.45) is 3.77. The van der Waals surface area contributed by atoms with E-state index in [1.807, 2.05) is 48.3 Å². The molecule has 1 aliphatic rings. The topological polar surface area (TPSA) is 73.9 Å². The molecule has 3 heterocycles. The van der Waals surface area contributed by atoms with Crippen LogP contribution in [0, 0.1) is 6.92 Å². The Morgan fingerprint density at radius 1 is 1.35 bits per heavy atom. The minimum atomic E-state index is -0.100. The van der Waals surface area contributed by atoms with Crippen LogP contribution in [-0.4, -0.2) is 38.3 Å². The van der Waals surface area contributed by atoms with Crippen LogP contribution in [0.4, 0.5) is 5.69 Å². The first kappa shape index (κ1) is 16.9. The van der Waals surface area contributed by atoms with Crippen molar-refractivity contribution in [2.24, 2.45) is 0 Å². The van der Waals surface area contributed by atoms with Gasteiger partial charge in [-0.05, 0) is 38.4 Å². The molecule has 2 aromatic heterocycles. The van der Waals surface area contributed by atoms with E-state index in [1.165, 1.54) is 0 Å². The first-order chi connectivity index (χ1) is 12.7. The van der Waals surface area contributed by atoms with Crippen molar-refractivity contribution in [3.8, 4) is 11.3 Å². The molecule has 0 aliphatic carbocycles. The van der Waals surface area contributed by atoms with Gasteiger partial charge in [0.1, 0.15) is 5.82 Å². The number of carbonyl (C=O) groups is 1. The number of thiazole rings is 1. The summed E-state index contributed by atoms with van der Waals surface area (Å²) in [6.45, 7) is 3.59. The SMILES string of the molecule is Cc1ncc(CN2CCC[C@H]2C(=O)Nc2ccc(-c3cscn3)cc2)[nH]1. The van der Waals surface area contributed by atoms with Crippen LogP contribution in [0.5, 0.6) is 0 Å². The Labute approximate surface area is 156 Å². The highest BCUT2D eigenvalue weighted by Gasteiger charge is 2.30. The van der Waals surface area contributed by atoms with Crippen molar-refractivity contribution in [3.63, 3.8) is 0 Å². The highest BCUT2D eigenvalue weighted by molar-refractivity contribution is 7.07. The van der Waals surface area contributed by atoms with E-state index in [2.05, 4.69) is 25.2 Å². The van der Waals surface area contributed by atoms with Gasteiger partial charge in [-0.3, -0.25) is 9.69 Å². The zero-order valence-electron chi connectivity index (χ0n) is 14.6. The smallest absolute Gasteiger partial charge is 0.241 e. The molecule has 2 N–H and O–H groups in total. The number of H-pyrrole nitrogens is 1. The summed E-state index contributed by atoms with van der Waals surface area (Å²) in [6, 6.07) is 7.75. The van der Waals surface area contributed by atoms with Crippen LogP contribution in [0.3, 0.4) is 0 Å². The molecular formula is C19H21N5OS. The number of carbonyl (C=O) groups excluding carboxylic acids is 1. The van der Waals surface area contributed by atoms with Gasteiger partial charge in [-0.1, -0.05) is 12.1 Å². The molecule has 0 radical (unpaired) electrons. The minimum absolute atomic E-state index is 0.0557. The highest BCUT2D eigenvalue weighted by Crippen LogP contribution is 2.23. The fourth-order valence-electron chi connectivity index (χ4n) is 3.39. The summed E-state index contributed by atoms with van der Waals surface area (Å²) >= 11 is 1.58. The minimum Gasteiger partial charge on any atom is -0.345 e. The van der Waals surface area contributed by atoms with E-state index in [4.69, 9.17) is 0 Å². The van der Waals surface area contributed by atoms with Crippen LogP contribution >= 0.6 is 11.3 Å². The number of likely N-dealkylation sites (tertiary alicyclic amines) is 1. The van der Waals surface area contributed by atoms with E-state index in [0.29, 0.717) is 0 Å². The second kappa shape index (κ2) is 7.39. The third-order valence-electron chi connectivity index (χ3n) is 4.68. The van der Waals surface area contributed by atoms with Gasteiger partial charge in [0.25, 0.3) is 0 Å². The van der Waals surface area contributed by atoms with E-state index in [-0.39, 0.29) is 11.9 Å². The lowest BCUT2D eigenvalue weighted by atomic mass is 10.1. The molecule has 26 heavy (non-hydrogen) atoms. The van der Waals surface area contributed by atoms with E-state index in [9.17, 15) is 4.79 Å². The van der Waals surface area contributed by atoms with Crippen LogP contribution in [0.1, 0.15) is 24.4 Å². The van der Waals surface area contributed by atoms with E-state index >= 15 is 0 Å². The number of anilines is 1. The second-order valence-corrected chi connectivity index (χ2v) is 7.28. The molecule has 0 bridgehead atoms. The first-order valence-corrected chi connectivity index (χ1v) is 9.67. The number of nitrogens with zero attached hydrogens (tertiary/aromatic N) is 3. The Morgan fingerprint density at radius 3 is 2.88 bits per heavy atom. The van der Waals surface area contributed by atoms with Gasteiger partial charge in [-0.15, -0.1) is 11.3 Å². The number of aryl methyl sites for hydroxylation is 1. The fraction of sp³-hybridized carbons (Fsp3) is 0.316. The number of nitrogens with one attached hydrogen (secondary N) is 2. The quantitative estimate of drug-likeness (QED) is 0.724. The van der Waals surface area contributed by atoms with Gasteiger partial charge in [-0.2, -0.15) is 0 Å². The lowest BCUT2D eigenvalue weighted by Gasteiger charge is -2.23. The van der Waals surface area contributed by atoms with Crippen molar-refractivity contribution >= 4 is 22.9 Å². The molecule has 1 amide bonds. The predicted molar refractivity (Wildman–Crippen MR) is 103 cm³/mol. The van der Waals surface area contributed by atoms with E-state index in [1.54, 1.807) is 11.3 Å². The van der Waals surface area contributed by atoms with Gasteiger partial charge in [0.05, 0.1) is 17.2 Å². The van der Waals surface area contributed by atoms with Crippen LogP contribution in [0.2, 0.25) is 0 Å². The molecule has 1 saturated heterocycles. The lowest BCUT2D eigenvalue weighted by molar-refractivity contribution is -0.120. The van der Waals surface area contributed by atoms with Crippen molar-refractivity contribution in [2.75, 3.05) is 11.9 Å². The van der Waals surface area contributed by atoms with Gasteiger partial charge < -0.3 is 10.3 Å². The highest BCUT2D eigenvalue weighted by atomic mass is 32.1. The Balaban J connectivity index is 1.40. The normalized spacial score (nSPS) is 17.5. The van der Waals surface area contributed by atoms with Crippen LogP contribution in [-0.2, 0) is 11.3 Å². The molecule has 0 unspecified atom stereocenters. The van der Waals surface area contributed by atoms with Gasteiger partial charge >= 0.3 is 0 Å². The first-order valence-electron chi connectivity index (χ1n) is 8.73. The molecule has 134 valence electrons. The number of rotatable bonds is 5. The summed E-state index contributed by atoms with van der Waals surface area (Å²) in [5.74, 6) is 0.959. The number of benzene rings is 1. The summed E-state index contributed by atoms with van der Waals surface area (Å²) < 4.78 is 0. The number of hydrogen-bond acceptors (Lipinski definition) is 5. The molecular weight excluding hydrogens is 346 g/mol. The summed E-state index contributed by atoms with van der Waals surface area (Å²) in [7, 11) is 0. The maximum absolute atomic E-state index is 12.7. The molecule has 1 aliphatic heterocycles. The molecule has 6 nitrogen and oxygen atoms in total. The molecule has 0 spiro atoms. The summed E-state index contributed by atoms with van der Waals surface area (Å²) in [5.41, 5.74) is 5.71. The second-order valence-electron chi connectivity index (χ2n) is 6.56. The fourth-order valence-corrected chi connectivity index (χ4v) is 3.95. The van der Waals surface area contributed by atoms with Gasteiger partial charge in [-0.25, -0.2) is 9.97 Å². The number of aromatic nitrogens is 3. The molecule has 1 fully saturated rings. The number of hydrogen-bond donors (Lipinski definition) is 2. The predicted octanol–water partition coefficient (Wildman–Crippen LogP) is 3.44. The summed E-state index contributed by atoms with van der Waals surface area (Å²) in [4.78, 5) is 26.7. The molecule has 1 aromatic carbocycles. The number of imidazole rings is 1. The van der Waals surface area contributed by atoms with Gasteiger partial charge in [0.2, 0.25) is 5.91 Å². The number of amides is 1. The van der Waals surface area contributed by atoms with Crippen molar-refractivity contribution in [1.82, 2.24) is 19.9 Å². The summed E-state index contributed by atoms with van der Waals surface area (Å²) in [5, 5.41) is 5.07. The maximum atomic E-state index is 12.7. The number of aromatic amines is 1. The zero-order valence-corrected chi connectivity index (χ0v) is 15.4. The molecule has 7 heteroatoms. The van der Waals surface area contributed by atoms with E-state index < -0.39 is 0 Å². The van der Waals surface area contributed by atoms with Crippen molar-refractivity contribution in [1.29, 1.82) is 0 Å². The van der Waals surface area contributed by atoms with Crippen LogP contribution in [0.25, 0.3) is 11.3 Å². The van der Waals surface area contributed by atoms with E-state index in [0.717, 1.165) is 54.4 Å². The largest absolute Gasteiger partial charge is 0.345 e. The Morgan fingerprint density at radius 2 is 2.19 bits per heavy atom. The van der Waals surface area contributed by atoms with Gasteiger partial charge in [0.15, 0.2) is 0 Å². The molecule has 4 rings (SSSR count). The zero-order chi connectivity index (χ0) is 17.9. The van der Waals surface area contributed by atoms with Crippen molar-refractivity contribution < 1.29 is 4.79 Å². The molecule has 3 aromatic rings. The maximum Gasteiger partial charge on any atom is 0.241 e. The standard InChI is InChI=1S/C19H21N5OS/c1-13-20-9-16(22-13)10-24-8-2-3-18(24)19(25)23-15-6-4-14(5-7-15)17-11-26-12-21-17/h4-7,9,11-12,18H,2-3,8,10H2,1H3,(H,20,22)(H,23,25)/t18-/m0/s1. The average Bonchev–Trinajstić information content (AvgIpc) is 3.38. The molecule has 1 atom stereocenters.